The molecule has 0 aliphatic carbocycles. The van der Waals surface area contributed by atoms with E-state index in [1.54, 1.807) is 6.07 Å². The van der Waals surface area contributed by atoms with Gasteiger partial charge >= 0.3 is 0 Å². The number of rotatable bonds is 6. The Morgan fingerprint density at radius 1 is 1.55 bits per heavy atom. The molecule has 0 saturated heterocycles. The average molecular weight is 321 g/mol. The van der Waals surface area contributed by atoms with Crippen LogP contribution in [0.25, 0.3) is 0 Å². The molecule has 0 fully saturated rings. The minimum absolute atomic E-state index is 0.0536. The van der Waals surface area contributed by atoms with Crippen LogP contribution in [0.5, 0.6) is 0 Å². The predicted octanol–water partition coefficient (Wildman–Crippen LogP) is 2.47. The van der Waals surface area contributed by atoms with E-state index in [2.05, 4.69) is 15.5 Å². The van der Waals surface area contributed by atoms with Crippen molar-refractivity contribution in [1.82, 2.24) is 10.2 Å². The number of H-pyrrole nitrogens is 1. The van der Waals surface area contributed by atoms with E-state index < -0.39 is 4.92 Å². The van der Waals surface area contributed by atoms with E-state index in [4.69, 9.17) is 22.6 Å². The van der Waals surface area contributed by atoms with Crippen LogP contribution in [0.4, 0.5) is 17.2 Å². The molecule has 1 aromatic carbocycles. The molecule has 114 valence electrons. The second-order valence-electron chi connectivity index (χ2n) is 4.53. The van der Waals surface area contributed by atoms with Crippen LogP contribution in [0.3, 0.4) is 0 Å². The summed E-state index contributed by atoms with van der Waals surface area (Å²) in [7, 11) is 0. The van der Waals surface area contributed by atoms with Crippen molar-refractivity contribution in [3.05, 3.63) is 44.6 Å². The van der Waals surface area contributed by atoms with Crippen LogP contribution in [0.1, 0.15) is 17.7 Å². The fraction of sp³-hybridized carbons (Fsp3) is 0.231. The van der Waals surface area contributed by atoms with Crippen molar-refractivity contribution in [3.63, 3.8) is 0 Å². The van der Waals surface area contributed by atoms with Crippen LogP contribution < -0.4 is 11.1 Å². The lowest BCUT2D eigenvalue weighted by Gasteiger charge is -2.07. The third-order valence-corrected chi connectivity index (χ3v) is 3.38. The molecule has 1 aromatic heterocycles. The Kier molecular flexibility index (Phi) is 4.80. The van der Waals surface area contributed by atoms with E-state index in [0.29, 0.717) is 36.3 Å². The van der Waals surface area contributed by atoms with E-state index in [0.717, 1.165) is 0 Å². The fourth-order valence-corrected chi connectivity index (χ4v) is 2.19. The molecule has 4 N–H and O–H groups in total. The molecule has 1 heterocycles. The summed E-state index contributed by atoms with van der Waals surface area (Å²) in [6.07, 6.45) is 1.31. The molecular weight excluding hydrogens is 308 g/mol. The predicted molar refractivity (Wildman–Crippen MR) is 82.6 cm³/mol. The first kappa shape index (κ1) is 15.6. The minimum Gasteiger partial charge on any atom is -0.384 e. The quantitative estimate of drug-likeness (QED) is 0.425. The number of nitriles is 1. The zero-order valence-corrected chi connectivity index (χ0v) is 12.2. The van der Waals surface area contributed by atoms with Gasteiger partial charge in [-0.3, -0.25) is 15.2 Å². The Morgan fingerprint density at radius 2 is 2.32 bits per heavy atom. The molecule has 0 aliphatic heterocycles. The number of aryl methyl sites for hydroxylation is 1. The highest BCUT2D eigenvalue weighted by molar-refractivity contribution is 6.33. The van der Waals surface area contributed by atoms with Gasteiger partial charge in [0.25, 0.3) is 5.69 Å². The summed E-state index contributed by atoms with van der Waals surface area (Å²) in [4.78, 5) is 10.1. The number of aromatic amines is 1. The first-order valence-electron chi connectivity index (χ1n) is 6.43. The molecule has 0 unspecified atom stereocenters. The number of nitro groups is 1. The van der Waals surface area contributed by atoms with Gasteiger partial charge in [0.2, 0.25) is 0 Å². The van der Waals surface area contributed by atoms with Crippen molar-refractivity contribution < 1.29 is 4.92 Å². The molecule has 0 spiro atoms. The van der Waals surface area contributed by atoms with Crippen molar-refractivity contribution in [2.24, 2.45) is 0 Å². The van der Waals surface area contributed by atoms with Crippen molar-refractivity contribution >= 4 is 28.8 Å². The van der Waals surface area contributed by atoms with E-state index >= 15 is 0 Å². The van der Waals surface area contributed by atoms with Crippen LogP contribution in [-0.4, -0.2) is 21.7 Å². The number of halogens is 1. The van der Waals surface area contributed by atoms with Gasteiger partial charge in [0.15, 0.2) is 5.82 Å². The van der Waals surface area contributed by atoms with Crippen molar-refractivity contribution in [3.8, 4) is 6.07 Å². The summed E-state index contributed by atoms with van der Waals surface area (Å²) in [5.74, 6) is 0.198. The van der Waals surface area contributed by atoms with Crippen LogP contribution in [0, 0.1) is 21.4 Å². The summed E-state index contributed by atoms with van der Waals surface area (Å²) < 4.78 is 0. The zero-order valence-electron chi connectivity index (χ0n) is 11.5. The number of nitrogens with two attached hydrogens (primary N) is 1. The van der Waals surface area contributed by atoms with Crippen LogP contribution in [0.15, 0.2) is 18.2 Å². The van der Waals surface area contributed by atoms with Gasteiger partial charge in [-0.25, -0.2) is 0 Å². The zero-order chi connectivity index (χ0) is 16.1. The number of hydrogen-bond acceptors (Lipinski definition) is 6. The third kappa shape index (κ3) is 3.45. The van der Waals surface area contributed by atoms with Gasteiger partial charge in [0.1, 0.15) is 11.6 Å². The molecule has 2 rings (SSSR count). The Bertz CT molecular complexity index is 737. The first-order chi connectivity index (χ1) is 10.5. The molecule has 2 aromatic rings. The fourth-order valence-electron chi connectivity index (χ4n) is 1.95. The van der Waals surface area contributed by atoms with Gasteiger partial charge in [-0.05, 0) is 18.9 Å². The van der Waals surface area contributed by atoms with Crippen LogP contribution in [0.2, 0.25) is 5.02 Å². The standard InChI is InChI=1S/C13H13ClN6O2/c14-10-6-8(20(21)22)3-4-12(10)17-5-1-2-11-9(7-15)13(16)19-18-11/h3-4,6,17H,1-2,5H2,(H3,16,18,19). The molecule has 9 heteroatoms. The molecule has 0 saturated carbocycles. The summed E-state index contributed by atoms with van der Waals surface area (Å²) in [5.41, 5.74) is 7.18. The normalized spacial score (nSPS) is 10.2. The number of benzene rings is 1. The number of anilines is 2. The molecule has 22 heavy (non-hydrogen) atoms. The van der Waals surface area contributed by atoms with Crippen molar-refractivity contribution in [1.29, 1.82) is 5.26 Å². The largest absolute Gasteiger partial charge is 0.384 e. The Balaban J connectivity index is 1.89. The molecule has 0 bridgehead atoms. The van der Waals surface area contributed by atoms with E-state index in [9.17, 15) is 10.1 Å². The minimum atomic E-state index is -0.498. The van der Waals surface area contributed by atoms with Crippen LogP contribution in [-0.2, 0) is 6.42 Å². The summed E-state index contributed by atoms with van der Waals surface area (Å²) in [6, 6.07) is 6.25. The average Bonchev–Trinajstić information content (AvgIpc) is 2.84. The van der Waals surface area contributed by atoms with Gasteiger partial charge in [-0.2, -0.15) is 10.4 Å². The van der Waals surface area contributed by atoms with E-state index in [1.807, 2.05) is 6.07 Å². The smallest absolute Gasteiger partial charge is 0.271 e. The van der Waals surface area contributed by atoms with E-state index in [-0.39, 0.29) is 16.5 Å². The first-order valence-corrected chi connectivity index (χ1v) is 6.81. The Labute approximate surface area is 131 Å². The Hall–Kier alpha value is -2.79. The third-order valence-electron chi connectivity index (χ3n) is 3.06. The molecule has 0 amide bonds. The molecule has 0 atom stereocenters. The maximum absolute atomic E-state index is 10.6. The number of nitro benzene ring substituents is 1. The summed E-state index contributed by atoms with van der Waals surface area (Å²) in [5, 5.41) is 29.5. The number of aromatic nitrogens is 2. The van der Waals surface area contributed by atoms with Gasteiger partial charge in [0.05, 0.1) is 21.3 Å². The topological polar surface area (TPSA) is 134 Å². The monoisotopic (exact) mass is 320 g/mol. The summed E-state index contributed by atoms with van der Waals surface area (Å²) in [6.45, 7) is 0.585. The maximum atomic E-state index is 10.6. The highest BCUT2D eigenvalue weighted by atomic mass is 35.5. The molecule has 0 aliphatic rings. The lowest BCUT2D eigenvalue weighted by molar-refractivity contribution is -0.384. The number of nitrogens with zero attached hydrogens (tertiary/aromatic N) is 3. The van der Waals surface area contributed by atoms with Crippen molar-refractivity contribution in [2.75, 3.05) is 17.6 Å². The van der Waals surface area contributed by atoms with E-state index in [1.165, 1.54) is 12.1 Å². The Morgan fingerprint density at radius 3 is 2.95 bits per heavy atom. The molecule has 8 nitrogen and oxygen atoms in total. The highest BCUT2D eigenvalue weighted by Gasteiger charge is 2.11. The van der Waals surface area contributed by atoms with Gasteiger partial charge in [-0.15, -0.1) is 0 Å². The van der Waals surface area contributed by atoms with Crippen molar-refractivity contribution in [2.45, 2.75) is 12.8 Å². The number of hydrogen-bond donors (Lipinski definition) is 3. The second kappa shape index (κ2) is 6.78. The summed E-state index contributed by atoms with van der Waals surface area (Å²) >= 11 is 5.98. The lowest BCUT2D eigenvalue weighted by Crippen LogP contribution is -2.04. The van der Waals surface area contributed by atoms with Crippen LogP contribution >= 0.6 is 11.6 Å². The molecular formula is C13H13ClN6O2. The van der Waals surface area contributed by atoms with Gasteiger partial charge < -0.3 is 11.1 Å². The number of nitrogens with one attached hydrogen (secondary N) is 2. The second-order valence-corrected chi connectivity index (χ2v) is 4.93. The highest BCUT2D eigenvalue weighted by Crippen LogP contribution is 2.26. The maximum Gasteiger partial charge on any atom is 0.271 e. The van der Waals surface area contributed by atoms with Gasteiger partial charge in [0, 0.05) is 18.7 Å². The molecule has 0 radical (unpaired) electrons. The lowest BCUT2D eigenvalue weighted by atomic mass is 10.1. The number of non-ortho nitro benzene ring substituents is 1. The van der Waals surface area contributed by atoms with Gasteiger partial charge in [-0.1, -0.05) is 11.6 Å². The number of nitrogen functional groups attached to an aromatic ring is 1. The SMILES string of the molecule is N#Cc1c(N)n[nH]c1CCCNc1ccc([N+](=O)[O-])cc1Cl.